The van der Waals surface area contributed by atoms with Crippen molar-refractivity contribution in [3.8, 4) is 0 Å². The molecule has 0 unspecified atom stereocenters. The minimum Gasteiger partial charge on any atom is -0.207 e. The van der Waals surface area contributed by atoms with Crippen LogP contribution in [0.5, 0.6) is 0 Å². The first-order valence-corrected chi connectivity index (χ1v) is 8.10. The predicted octanol–water partition coefficient (Wildman–Crippen LogP) is 3.56. The SMILES string of the molecule is C[C@@H]1CCCCN1S(=O)(=O)c1c(Cl)cccc1Cl. The average Bonchev–Trinajstić information content (AvgIpc) is 2.28. The Kier molecular flexibility index (Phi) is 4.22. The van der Waals surface area contributed by atoms with Crippen molar-refractivity contribution in [2.24, 2.45) is 0 Å². The van der Waals surface area contributed by atoms with Crippen LogP contribution in [-0.4, -0.2) is 25.3 Å². The molecule has 0 aromatic heterocycles. The van der Waals surface area contributed by atoms with E-state index in [4.69, 9.17) is 23.2 Å². The van der Waals surface area contributed by atoms with Crippen LogP contribution in [0.25, 0.3) is 0 Å². The van der Waals surface area contributed by atoms with Gasteiger partial charge in [-0.05, 0) is 31.9 Å². The molecule has 100 valence electrons. The topological polar surface area (TPSA) is 37.4 Å². The number of halogens is 2. The lowest BCUT2D eigenvalue weighted by Crippen LogP contribution is -2.42. The molecule has 18 heavy (non-hydrogen) atoms. The molecule has 1 aromatic rings. The standard InChI is InChI=1S/C12H15Cl2NO2S/c1-9-5-2-3-8-15(9)18(16,17)12-10(13)6-4-7-11(12)14/h4,6-7,9H,2-3,5,8H2,1H3/t9-/m1/s1. The van der Waals surface area contributed by atoms with Crippen molar-refractivity contribution in [2.45, 2.75) is 37.1 Å². The molecule has 0 bridgehead atoms. The Labute approximate surface area is 118 Å². The molecule has 0 aliphatic carbocycles. The zero-order chi connectivity index (χ0) is 13.3. The van der Waals surface area contributed by atoms with Crippen molar-refractivity contribution in [3.63, 3.8) is 0 Å². The fourth-order valence-corrected chi connectivity index (χ4v) is 5.07. The quantitative estimate of drug-likeness (QED) is 0.838. The van der Waals surface area contributed by atoms with Crippen molar-refractivity contribution in [1.29, 1.82) is 0 Å². The first-order chi connectivity index (χ1) is 8.44. The van der Waals surface area contributed by atoms with E-state index in [1.54, 1.807) is 18.2 Å². The van der Waals surface area contributed by atoms with Crippen LogP contribution in [0.4, 0.5) is 0 Å². The Balaban J connectivity index is 2.48. The first kappa shape index (κ1) is 14.1. The van der Waals surface area contributed by atoms with E-state index >= 15 is 0 Å². The van der Waals surface area contributed by atoms with Crippen LogP contribution in [0.3, 0.4) is 0 Å². The average molecular weight is 308 g/mol. The number of sulfonamides is 1. The van der Waals surface area contributed by atoms with Crippen molar-refractivity contribution >= 4 is 33.2 Å². The lowest BCUT2D eigenvalue weighted by Gasteiger charge is -2.32. The predicted molar refractivity (Wildman–Crippen MR) is 73.7 cm³/mol. The van der Waals surface area contributed by atoms with E-state index < -0.39 is 10.0 Å². The second kappa shape index (κ2) is 5.37. The Morgan fingerprint density at radius 2 is 1.83 bits per heavy atom. The molecule has 1 aliphatic heterocycles. The van der Waals surface area contributed by atoms with Gasteiger partial charge >= 0.3 is 0 Å². The zero-order valence-corrected chi connectivity index (χ0v) is 12.4. The molecule has 0 N–H and O–H groups in total. The summed E-state index contributed by atoms with van der Waals surface area (Å²) < 4.78 is 26.7. The summed E-state index contributed by atoms with van der Waals surface area (Å²) in [4.78, 5) is 0.0297. The largest absolute Gasteiger partial charge is 0.246 e. The van der Waals surface area contributed by atoms with E-state index in [9.17, 15) is 8.42 Å². The number of hydrogen-bond donors (Lipinski definition) is 0. The summed E-state index contributed by atoms with van der Waals surface area (Å²) in [5.74, 6) is 0. The van der Waals surface area contributed by atoms with Crippen molar-refractivity contribution in [2.75, 3.05) is 6.54 Å². The number of rotatable bonds is 2. The van der Waals surface area contributed by atoms with Gasteiger partial charge in [0.2, 0.25) is 10.0 Å². The molecule has 0 radical (unpaired) electrons. The van der Waals surface area contributed by atoms with Crippen LogP contribution >= 0.6 is 23.2 Å². The zero-order valence-electron chi connectivity index (χ0n) is 10.1. The third-order valence-corrected chi connectivity index (χ3v) is 6.20. The summed E-state index contributed by atoms with van der Waals surface area (Å²) in [5, 5.41) is 0.362. The highest BCUT2D eigenvalue weighted by molar-refractivity contribution is 7.89. The van der Waals surface area contributed by atoms with Gasteiger partial charge in [0, 0.05) is 12.6 Å². The smallest absolute Gasteiger partial charge is 0.207 e. The van der Waals surface area contributed by atoms with Crippen molar-refractivity contribution in [1.82, 2.24) is 4.31 Å². The summed E-state index contributed by atoms with van der Waals surface area (Å²) in [5.41, 5.74) is 0. The highest BCUT2D eigenvalue weighted by Gasteiger charge is 2.33. The van der Waals surface area contributed by atoms with Gasteiger partial charge in [-0.2, -0.15) is 4.31 Å². The number of hydrogen-bond acceptors (Lipinski definition) is 2. The van der Waals surface area contributed by atoms with Gasteiger partial charge in [-0.3, -0.25) is 0 Å². The Morgan fingerprint density at radius 3 is 2.39 bits per heavy atom. The van der Waals surface area contributed by atoms with E-state index in [1.165, 1.54) is 4.31 Å². The van der Waals surface area contributed by atoms with Crippen LogP contribution in [0.15, 0.2) is 23.1 Å². The maximum atomic E-state index is 12.6. The number of piperidine rings is 1. The Hall–Kier alpha value is -0.290. The van der Waals surface area contributed by atoms with E-state index in [-0.39, 0.29) is 21.0 Å². The molecule has 1 atom stereocenters. The van der Waals surface area contributed by atoms with E-state index in [0.717, 1.165) is 19.3 Å². The molecule has 0 spiro atoms. The van der Waals surface area contributed by atoms with E-state index in [2.05, 4.69) is 0 Å². The van der Waals surface area contributed by atoms with Crippen LogP contribution < -0.4 is 0 Å². The van der Waals surface area contributed by atoms with Gasteiger partial charge in [0.25, 0.3) is 0 Å². The summed E-state index contributed by atoms with van der Waals surface area (Å²) in [6, 6.07) is 4.74. The minimum absolute atomic E-state index is 0.00362. The van der Waals surface area contributed by atoms with Crippen LogP contribution in [0.2, 0.25) is 10.0 Å². The molecular weight excluding hydrogens is 293 g/mol. The molecule has 6 heteroatoms. The highest BCUT2D eigenvalue weighted by atomic mass is 35.5. The molecule has 1 fully saturated rings. The second-order valence-corrected chi connectivity index (χ2v) is 7.15. The normalized spacial score (nSPS) is 22.1. The molecule has 0 saturated carbocycles. The lowest BCUT2D eigenvalue weighted by molar-refractivity contribution is 0.268. The van der Waals surface area contributed by atoms with Gasteiger partial charge in [-0.25, -0.2) is 8.42 Å². The monoisotopic (exact) mass is 307 g/mol. The number of nitrogens with zero attached hydrogens (tertiary/aromatic N) is 1. The van der Waals surface area contributed by atoms with Gasteiger partial charge in [0.1, 0.15) is 4.90 Å². The fraction of sp³-hybridized carbons (Fsp3) is 0.500. The Morgan fingerprint density at radius 1 is 1.22 bits per heavy atom. The van der Waals surface area contributed by atoms with Gasteiger partial charge in [-0.15, -0.1) is 0 Å². The molecule has 3 nitrogen and oxygen atoms in total. The minimum atomic E-state index is -3.60. The third-order valence-electron chi connectivity index (χ3n) is 3.23. The molecule has 1 heterocycles. The van der Waals surface area contributed by atoms with Crippen molar-refractivity contribution < 1.29 is 8.42 Å². The van der Waals surface area contributed by atoms with Gasteiger partial charge < -0.3 is 0 Å². The second-order valence-electron chi connectivity index (χ2n) is 4.51. The van der Waals surface area contributed by atoms with Crippen LogP contribution in [-0.2, 0) is 10.0 Å². The summed E-state index contributed by atoms with van der Waals surface area (Å²) in [6.07, 6.45) is 2.82. The molecule has 1 aliphatic rings. The van der Waals surface area contributed by atoms with E-state index in [1.807, 2.05) is 6.92 Å². The third kappa shape index (κ3) is 2.52. The lowest BCUT2D eigenvalue weighted by atomic mass is 10.1. The van der Waals surface area contributed by atoms with Gasteiger partial charge in [0.05, 0.1) is 10.0 Å². The number of benzene rings is 1. The Bertz CT molecular complexity index is 525. The van der Waals surface area contributed by atoms with Gasteiger partial charge in [-0.1, -0.05) is 35.7 Å². The van der Waals surface area contributed by atoms with E-state index in [0.29, 0.717) is 6.54 Å². The molecule has 0 amide bonds. The fourth-order valence-electron chi connectivity index (χ4n) is 2.28. The molecule has 2 rings (SSSR count). The van der Waals surface area contributed by atoms with Gasteiger partial charge in [0.15, 0.2) is 0 Å². The molecule has 1 aromatic carbocycles. The highest BCUT2D eigenvalue weighted by Crippen LogP contribution is 2.34. The van der Waals surface area contributed by atoms with Crippen molar-refractivity contribution in [3.05, 3.63) is 28.2 Å². The maximum absolute atomic E-state index is 12.6. The van der Waals surface area contributed by atoms with Crippen LogP contribution in [0.1, 0.15) is 26.2 Å². The maximum Gasteiger partial charge on any atom is 0.246 e. The summed E-state index contributed by atoms with van der Waals surface area (Å²) >= 11 is 12.0. The summed E-state index contributed by atoms with van der Waals surface area (Å²) in [7, 11) is -3.60. The first-order valence-electron chi connectivity index (χ1n) is 5.90. The molecule has 1 saturated heterocycles. The molecular formula is C12H15Cl2NO2S. The van der Waals surface area contributed by atoms with Crippen LogP contribution in [0, 0.1) is 0 Å². The summed E-state index contributed by atoms with van der Waals surface area (Å²) in [6.45, 7) is 2.45.